The van der Waals surface area contributed by atoms with Crippen molar-refractivity contribution in [1.29, 1.82) is 0 Å². The SMILES string of the molecule is Cc1ccc(N2C(=O)S/C(=C/c3ccc(-c4c(Cl)cccc4Cl)o3)C2=O)c(C)c1. The quantitative estimate of drug-likeness (QED) is 0.404. The zero-order chi connectivity index (χ0) is 20.7. The van der Waals surface area contributed by atoms with E-state index in [0.29, 0.717) is 37.7 Å². The van der Waals surface area contributed by atoms with Gasteiger partial charge < -0.3 is 4.42 Å². The molecule has 0 N–H and O–H groups in total. The zero-order valence-electron chi connectivity index (χ0n) is 15.5. The second-order valence-electron chi connectivity index (χ2n) is 6.61. The van der Waals surface area contributed by atoms with Crippen LogP contribution in [0.2, 0.25) is 10.0 Å². The molecule has 1 fully saturated rings. The Balaban J connectivity index is 1.66. The number of aryl methyl sites for hydroxylation is 2. The van der Waals surface area contributed by atoms with Crippen LogP contribution in [0.5, 0.6) is 0 Å². The third-order valence-electron chi connectivity index (χ3n) is 4.50. The highest BCUT2D eigenvalue weighted by Gasteiger charge is 2.37. The number of benzene rings is 2. The zero-order valence-corrected chi connectivity index (χ0v) is 17.9. The Bertz CT molecular complexity index is 1160. The van der Waals surface area contributed by atoms with Crippen LogP contribution in [0.3, 0.4) is 0 Å². The van der Waals surface area contributed by atoms with Crippen molar-refractivity contribution in [3.8, 4) is 11.3 Å². The van der Waals surface area contributed by atoms with Crippen molar-refractivity contribution in [2.24, 2.45) is 0 Å². The molecule has 2 amide bonds. The highest BCUT2D eigenvalue weighted by molar-refractivity contribution is 8.19. The molecule has 2 aromatic carbocycles. The molecule has 1 aromatic heterocycles. The molecule has 4 rings (SSSR count). The van der Waals surface area contributed by atoms with Crippen LogP contribution in [-0.2, 0) is 4.79 Å². The van der Waals surface area contributed by atoms with E-state index in [2.05, 4.69) is 0 Å². The molecule has 0 saturated carbocycles. The van der Waals surface area contributed by atoms with Gasteiger partial charge in [0.2, 0.25) is 0 Å². The maximum Gasteiger partial charge on any atom is 0.298 e. The van der Waals surface area contributed by atoms with Crippen LogP contribution < -0.4 is 4.90 Å². The molecule has 0 bridgehead atoms. The summed E-state index contributed by atoms with van der Waals surface area (Å²) in [6.45, 7) is 3.84. The summed E-state index contributed by atoms with van der Waals surface area (Å²) in [5.41, 5.74) is 3.10. The lowest BCUT2D eigenvalue weighted by atomic mass is 10.1. The smallest absolute Gasteiger partial charge is 0.298 e. The van der Waals surface area contributed by atoms with Gasteiger partial charge in [0.1, 0.15) is 11.5 Å². The minimum absolute atomic E-state index is 0.293. The summed E-state index contributed by atoms with van der Waals surface area (Å²) in [5, 5.41) is 0.594. The van der Waals surface area contributed by atoms with E-state index in [1.807, 2.05) is 26.0 Å². The maximum absolute atomic E-state index is 12.9. The van der Waals surface area contributed by atoms with Crippen molar-refractivity contribution in [2.75, 3.05) is 4.90 Å². The largest absolute Gasteiger partial charge is 0.457 e. The number of anilines is 1. The first-order valence-electron chi connectivity index (χ1n) is 8.74. The summed E-state index contributed by atoms with van der Waals surface area (Å²) in [6, 6.07) is 14.2. The number of imide groups is 1. The molecular formula is C22H15Cl2NO3S. The fourth-order valence-electron chi connectivity index (χ4n) is 3.16. The van der Waals surface area contributed by atoms with Crippen molar-refractivity contribution >= 4 is 57.9 Å². The minimum Gasteiger partial charge on any atom is -0.457 e. The Kier molecular flexibility index (Phi) is 5.30. The van der Waals surface area contributed by atoms with Gasteiger partial charge in [-0.2, -0.15) is 0 Å². The lowest BCUT2D eigenvalue weighted by Gasteiger charge is -2.15. The molecule has 0 unspecified atom stereocenters. The molecule has 3 aromatic rings. The third-order valence-corrected chi connectivity index (χ3v) is 6.00. The summed E-state index contributed by atoms with van der Waals surface area (Å²) in [7, 11) is 0. The van der Waals surface area contributed by atoms with Crippen LogP contribution >= 0.6 is 35.0 Å². The first-order chi connectivity index (χ1) is 13.8. The van der Waals surface area contributed by atoms with Gasteiger partial charge in [-0.15, -0.1) is 0 Å². The van der Waals surface area contributed by atoms with E-state index in [9.17, 15) is 9.59 Å². The molecular weight excluding hydrogens is 429 g/mol. The van der Waals surface area contributed by atoms with Crippen LogP contribution in [0, 0.1) is 13.8 Å². The normalized spacial score (nSPS) is 15.6. The third kappa shape index (κ3) is 3.73. The monoisotopic (exact) mass is 443 g/mol. The molecule has 29 heavy (non-hydrogen) atoms. The molecule has 7 heteroatoms. The van der Waals surface area contributed by atoms with Gasteiger partial charge in [-0.05, 0) is 61.5 Å². The molecule has 2 heterocycles. The van der Waals surface area contributed by atoms with Crippen molar-refractivity contribution in [1.82, 2.24) is 0 Å². The number of rotatable bonds is 3. The number of nitrogens with zero attached hydrogens (tertiary/aromatic N) is 1. The van der Waals surface area contributed by atoms with Crippen LogP contribution in [0.15, 0.2) is 57.9 Å². The number of carbonyl (C=O) groups excluding carboxylic acids is 2. The molecule has 0 atom stereocenters. The fraction of sp³-hybridized carbons (Fsp3) is 0.0909. The average Bonchev–Trinajstić information content (AvgIpc) is 3.21. The molecule has 146 valence electrons. The first kappa shape index (κ1) is 19.8. The van der Waals surface area contributed by atoms with Gasteiger partial charge in [0.15, 0.2) is 0 Å². The highest BCUT2D eigenvalue weighted by atomic mass is 35.5. The van der Waals surface area contributed by atoms with Gasteiger partial charge in [0, 0.05) is 6.08 Å². The van der Waals surface area contributed by atoms with Crippen LogP contribution in [0.1, 0.15) is 16.9 Å². The van der Waals surface area contributed by atoms with Crippen LogP contribution in [0.4, 0.5) is 10.5 Å². The molecule has 0 radical (unpaired) electrons. The van der Waals surface area contributed by atoms with Gasteiger partial charge in [-0.3, -0.25) is 9.59 Å². The highest BCUT2D eigenvalue weighted by Crippen LogP contribution is 2.39. The van der Waals surface area contributed by atoms with E-state index in [-0.39, 0.29) is 11.1 Å². The standard InChI is InChI=1S/C22H15Cl2NO3S/c1-12-6-8-17(13(2)10-12)25-21(26)19(29-22(25)27)11-14-7-9-18(28-14)20-15(23)4-3-5-16(20)24/h3-11H,1-2H3/b19-11+. The second kappa shape index (κ2) is 7.75. The number of furan rings is 1. The van der Waals surface area contributed by atoms with Gasteiger partial charge in [0.05, 0.1) is 26.2 Å². The van der Waals surface area contributed by atoms with E-state index in [1.54, 1.807) is 42.5 Å². The van der Waals surface area contributed by atoms with Crippen molar-refractivity contribution in [3.05, 3.63) is 80.4 Å². The van der Waals surface area contributed by atoms with Gasteiger partial charge in [0.25, 0.3) is 11.1 Å². The molecule has 1 aliphatic rings. The number of thioether (sulfide) groups is 1. The predicted molar refractivity (Wildman–Crippen MR) is 119 cm³/mol. The van der Waals surface area contributed by atoms with Gasteiger partial charge in [-0.25, -0.2) is 4.90 Å². The lowest BCUT2D eigenvalue weighted by Crippen LogP contribution is -2.28. The Hall–Kier alpha value is -2.47. The van der Waals surface area contributed by atoms with E-state index < -0.39 is 0 Å². The Labute approximate surface area is 182 Å². The first-order valence-corrected chi connectivity index (χ1v) is 10.3. The summed E-state index contributed by atoms with van der Waals surface area (Å²) in [5.74, 6) is 0.545. The van der Waals surface area contributed by atoms with E-state index in [0.717, 1.165) is 22.9 Å². The van der Waals surface area contributed by atoms with Crippen molar-refractivity contribution in [2.45, 2.75) is 13.8 Å². The Morgan fingerprint density at radius 3 is 2.41 bits per heavy atom. The van der Waals surface area contributed by atoms with E-state index >= 15 is 0 Å². The number of carbonyl (C=O) groups is 2. The topological polar surface area (TPSA) is 50.5 Å². The summed E-state index contributed by atoms with van der Waals surface area (Å²) in [4.78, 5) is 26.9. The number of hydrogen-bond donors (Lipinski definition) is 0. The summed E-state index contributed by atoms with van der Waals surface area (Å²) < 4.78 is 5.82. The van der Waals surface area contributed by atoms with Gasteiger partial charge >= 0.3 is 0 Å². The number of hydrogen-bond acceptors (Lipinski definition) is 4. The van der Waals surface area contributed by atoms with Gasteiger partial charge in [-0.1, -0.05) is 47.0 Å². The molecule has 1 aliphatic heterocycles. The molecule has 1 saturated heterocycles. The van der Waals surface area contributed by atoms with Crippen LogP contribution in [-0.4, -0.2) is 11.1 Å². The Morgan fingerprint density at radius 2 is 1.72 bits per heavy atom. The fourth-order valence-corrected chi connectivity index (χ4v) is 4.56. The average molecular weight is 444 g/mol. The summed E-state index contributed by atoms with van der Waals surface area (Å²) in [6.07, 6.45) is 1.56. The number of halogens is 2. The van der Waals surface area contributed by atoms with Crippen LogP contribution in [0.25, 0.3) is 17.4 Å². The second-order valence-corrected chi connectivity index (χ2v) is 8.41. The molecule has 0 spiro atoms. The lowest BCUT2D eigenvalue weighted by molar-refractivity contribution is -0.113. The van der Waals surface area contributed by atoms with E-state index in [1.165, 1.54) is 4.90 Å². The molecule has 0 aliphatic carbocycles. The van der Waals surface area contributed by atoms with Crippen molar-refractivity contribution in [3.63, 3.8) is 0 Å². The van der Waals surface area contributed by atoms with E-state index in [4.69, 9.17) is 27.6 Å². The predicted octanol–water partition coefficient (Wildman–Crippen LogP) is 7.11. The number of amides is 2. The summed E-state index contributed by atoms with van der Waals surface area (Å²) >= 11 is 13.3. The Morgan fingerprint density at radius 1 is 1.00 bits per heavy atom. The maximum atomic E-state index is 12.9. The minimum atomic E-state index is -0.374. The van der Waals surface area contributed by atoms with Crippen molar-refractivity contribution < 1.29 is 14.0 Å². The molecule has 4 nitrogen and oxygen atoms in total.